The van der Waals surface area contributed by atoms with Crippen LogP contribution in [0, 0.1) is 17.8 Å². The second-order valence-electron chi connectivity index (χ2n) is 11.7. The van der Waals surface area contributed by atoms with Crippen molar-refractivity contribution in [2.45, 2.75) is 89.8 Å². The van der Waals surface area contributed by atoms with Gasteiger partial charge in [0.15, 0.2) is 0 Å². The van der Waals surface area contributed by atoms with Crippen molar-refractivity contribution < 1.29 is 24.0 Å². The molecule has 1 saturated heterocycles. The van der Waals surface area contributed by atoms with Crippen molar-refractivity contribution in [1.82, 2.24) is 26.3 Å². The lowest BCUT2D eigenvalue weighted by Crippen LogP contribution is -2.57. The van der Waals surface area contributed by atoms with Crippen molar-refractivity contribution in [2.24, 2.45) is 17.8 Å². The fourth-order valence-electron chi connectivity index (χ4n) is 5.97. The molecule has 0 bridgehead atoms. The average molecular weight is 566 g/mol. The number of H-pyrrole nitrogens is 1. The van der Waals surface area contributed by atoms with Crippen LogP contribution in [0.1, 0.15) is 82.1 Å². The number of nitrogens with one attached hydrogen (secondary N) is 5. The van der Waals surface area contributed by atoms with Gasteiger partial charge >= 0.3 is 0 Å². The predicted molar refractivity (Wildman–Crippen MR) is 156 cm³/mol. The summed E-state index contributed by atoms with van der Waals surface area (Å²) in [5.41, 5.74) is 1.18. The molecule has 10 nitrogen and oxygen atoms in total. The van der Waals surface area contributed by atoms with Crippen molar-refractivity contribution >= 4 is 40.8 Å². The van der Waals surface area contributed by atoms with Crippen LogP contribution in [0.5, 0.6) is 0 Å². The molecule has 0 radical (unpaired) electrons. The minimum atomic E-state index is -0.859. The minimum absolute atomic E-state index is 0.111. The number of aldehydes is 1. The Hall–Kier alpha value is -3.69. The maximum atomic E-state index is 13.7. The van der Waals surface area contributed by atoms with E-state index in [2.05, 4.69) is 26.3 Å². The van der Waals surface area contributed by atoms with E-state index < -0.39 is 35.8 Å². The van der Waals surface area contributed by atoms with E-state index in [-0.39, 0.29) is 30.1 Å². The van der Waals surface area contributed by atoms with E-state index >= 15 is 0 Å². The highest BCUT2D eigenvalue weighted by Gasteiger charge is 2.34. The van der Waals surface area contributed by atoms with Crippen LogP contribution in [0.25, 0.3) is 10.9 Å². The minimum Gasteiger partial charge on any atom is -0.356 e. The van der Waals surface area contributed by atoms with E-state index in [0.717, 1.165) is 43.0 Å². The van der Waals surface area contributed by atoms with Crippen LogP contribution in [-0.2, 0) is 19.2 Å². The predicted octanol–water partition coefficient (Wildman–Crippen LogP) is 2.98. The summed E-state index contributed by atoms with van der Waals surface area (Å²) in [4.78, 5) is 67.3. The molecule has 2 aromatic rings. The smallest absolute Gasteiger partial charge is 0.268 e. The maximum absolute atomic E-state index is 13.7. The second kappa shape index (κ2) is 14.3. The number of carbonyl (C=O) groups is 5. The first-order valence-corrected chi connectivity index (χ1v) is 15.0. The number of carbonyl (C=O) groups excluding carboxylic acids is 5. The number of rotatable bonds is 13. The van der Waals surface area contributed by atoms with Crippen LogP contribution in [0.15, 0.2) is 30.3 Å². The summed E-state index contributed by atoms with van der Waals surface area (Å²) in [6.07, 6.45) is 7.87. The number of hydrogen-bond donors (Lipinski definition) is 5. The van der Waals surface area contributed by atoms with E-state index in [1.54, 1.807) is 6.07 Å². The van der Waals surface area contributed by atoms with Gasteiger partial charge in [-0.1, -0.05) is 70.6 Å². The molecular formula is C31H43N5O5. The summed E-state index contributed by atoms with van der Waals surface area (Å²) in [7, 11) is 0. The van der Waals surface area contributed by atoms with E-state index in [9.17, 15) is 24.0 Å². The highest BCUT2D eigenvalue weighted by Crippen LogP contribution is 2.28. The molecule has 222 valence electrons. The summed E-state index contributed by atoms with van der Waals surface area (Å²) >= 11 is 0. The van der Waals surface area contributed by atoms with Gasteiger partial charge < -0.3 is 31.0 Å². The van der Waals surface area contributed by atoms with Gasteiger partial charge in [0.25, 0.3) is 5.91 Å². The number of para-hydroxylation sites is 1. The van der Waals surface area contributed by atoms with Crippen LogP contribution in [0.4, 0.5) is 0 Å². The molecule has 1 aromatic carbocycles. The maximum Gasteiger partial charge on any atom is 0.268 e. The van der Waals surface area contributed by atoms with Gasteiger partial charge in [-0.05, 0) is 43.2 Å². The molecule has 1 saturated carbocycles. The molecule has 10 heteroatoms. The average Bonchev–Trinajstić information content (AvgIpc) is 3.60. The van der Waals surface area contributed by atoms with Gasteiger partial charge in [0.05, 0.1) is 6.04 Å². The molecule has 2 fully saturated rings. The summed E-state index contributed by atoms with van der Waals surface area (Å²) in [6.45, 7) is 4.39. The Kier molecular flexibility index (Phi) is 10.5. The fourth-order valence-corrected chi connectivity index (χ4v) is 5.97. The van der Waals surface area contributed by atoms with E-state index in [1.165, 1.54) is 0 Å². The van der Waals surface area contributed by atoms with E-state index in [1.807, 2.05) is 38.1 Å². The highest BCUT2D eigenvalue weighted by atomic mass is 16.2. The Balaban J connectivity index is 1.47. The summed E-state index contributed by atoms with van der Waals surface area (Å²) in [6, 6.07) is 6.76. The van der Waals surface area contributed by atoms with Gasteiger partial charge in [-0.3, -0.25) is 19.2 Å². The number of fused-ring (bicyclic) bond motifs is 1. The Bertz CT molecular complexity index is 1200. The lowest BCUT2D eigenvalue weighted by atomic mass is 9.84. The largest absolute Gasteiger partial charge is 0.356 e. The first kappa shape index (κ1) is 30.3. The summed E-state index contributed by atoms with van der Waals surface area (Å²) < 4.78 is 0. The van der Waals surface area contributed by atoms with Crippen LogP contribution in [0.3, 0.4) is 0 Å². The topological polar surface area (TPSA) is 149 Å². The zero-order valence-corrected chi connectivity index (χ0v) is 24.0. The van der Waals surface area contributed by atoms with Gasteiger partial charge in [-0.25, -0.2) is 0 Å². The van der Waals surface area contributed by atoms with Crippen LogP contribution in [-0.4, -0.2) is 59.6 Å². The van der Waals surface area contributed by atoms with Gasteiger partial charge in [0.1, 0.15) is 24.1 Å². The van der Waals surface area contributed by atoms with Crippen molar-refractivity contribution in [1.29, 1.82) is 0 Å². The molecule has 41 heavy (non-hydrogen) atoms. The van der Waals surface area contributed by atoms with E-state index in [4.69, 9.17) is 0 Å². The summed E-state index contributed by atoms with van der Waals surface area (Å²) in [5.74, 6) is -1.62. The van der Waals surface area contributed by atoms with Crippen LogP contribution in [0.2, 0.25) is 0 Å². The molecule has 5 N–H and O–H groups in total. The first-order chi connectivity index (χ1) is 19.8. The van der Waals surface area contributed by atoms with Crippen molar-refractivity contribution in [3.05, 3.63) is 36.0 Å². The van der Waals surface area contributed by atoms with E-state index in [0.29, 0.717) is 37.8 Å². The third-order valence-electron chi connectivity index (χ3n) is 8.68. The molecule has 0 spiro atoms. The van der Waals surface area contributed by atoms with Gasteiger partial charge in [-0.15, -0.1) is 0 Å². The highest BCUT2D eigenvalue weighted by molar-refractivity contribution is 6.00. The number of hydrogen-bond acceptors (Lipinski definition) is 5. The number of aromatic nitrogens is 1. The molecule has 1 aliphatic heterocycles. The third kappa shape index (κ3) is 7.95. The first-order valence-electron chi connectivity index (χ1n) is 15.0. The van der Waals surface area contributed by atoms with Crippen molar-refractivity contribution in [2.75, 3.05) is 6.54 Å². The summed E-state index contributed by atoms with van der Waals surface area (Å²) in [5, 5.41) is 12.2. The number of benzene rings is 1. The fraction of sp³-hybridized carbons (Fsp3) is 0.581. The molecule has 5 atom stereocenters. The Labute approximate surface area is 241 Å². The van der Waals surface area contributed by atoms with Crippen molar-refractivity contribution in [3.8, 4) is 0 Å². The number of amides is 4. The molecule has 1 aliphatic carbocycles. The van der Waals surface area contributed by atoms with Gasteiger partial charge in [0.2, 0.25) is 17.7 Å². The molecule has 1 aromatic heterocycles. The zero-order valence-electron chi connectivity index (χ0n) is 24.0. The van der Waals surface area contributed by atoms with Gasteiger partial charge in [-0.2, -0.15) is 0 Å². The zero-order chi connectivity index (χ0) is 29.4. The molecule has 2 aliphatic rings. The second-order valence-corrected chi connectivity index (χ2v) is 11.7. The monoisotopic (exact) mass is 565 g/mol. The Morgan fingerprint density at radius 3 is 2.41 bits per heavy atom. The SMILES string of the molecule is CCC(C)[C@H](NC(=O)c1cc2ccccc2[nH]1)C(=O)N[C@@H](CC1CCCCC1)C(=O)N[C@H](C=O)C[C@@H]1CCNC1=O. The lowest BCUT2D eigenvalue weighted by molar-refractivity contribution is -0.132. The normalized spacial score (nSPS) is 20.4. The standard InChI is InChI=1S/C31H43N5O5/c1-3-19(2)27(36-30(40)26-17-21-11-7-8-12-24(21)34-26)31(41)35-25(15-20-9-5-4-6-10-20)29(39)33-23(18-37)16-22-13-14-32-28(22)38/h7-8,11-12,17-20,22-23,25,27,34H,3-6,9-10,13-16H2,1-2H3,(H,32,38)(H,33,39)(H,35,41)(H,36,40)/t19?,22-,23-,25-,27-/m0/s1. The molecule has 4 amide bonds. The van der Waals surface area contributed by atoms with Crippen LogP contribution < -0.4 is 21.3 Å². The van der Waals surface area contributed by atoms with Crippen LogP contribution >= 0.6 is 0 Å². The Morgan fingerprint density at radius 2 is 1.76 bits per heavy atom. The lowest BCUT2D eigenvalue weighted by Gasteiger charge is -2.30. The third-order valence-corrected chi connectivity index (χ3v) is 8.68. The molecule has 2 heterocycles. The quantitative estimate of drug-likeness (QED) is 0.237. The Morgan fingerprint density at radius 1 is 1.00 bits per heavy atom. The van der Waals surface area contributed by atoms with Crippen molar-refractivity contribution in [3.63, 3.8) is 0 Å². The molecule has 4 rings (SSSR count). The molecular weight excluding hydrogens is 522 g/mol. The number of aromatic amines is 1. The van der Waals surface area contributed by atoms with Gasteiger partial charge in [0, 0.05) is 23.4 Å². The molecule has 1 unspecified atom stereocenters.